The molecule has 0 saturated carbocycles. The standard InChI is InChI=1S/C11H9NO4S.C8H8BrNO/c13-17(14,15)10-6-7-11(12-8-10)16-9-4-2-1-3-5-9;1-5-4-6(9)2-3-7(5)8(10)11/h1-8H,(H,13,14,15);2-4H,1H3,(H2,10,11). The topological polar surface area (TPSA) is 120 Å². The van der Waals surface area contributed by atoms with Gasteiger partial charge in [0.05, 0.1) is 6.20 Å². The Morgan fingerprint density at radius 3 is 2.29 bits per heavy atom. The SMILES string of the molecule is Cc1cc(Br)ccc1C(N)=O.O=S(=O)(O)c1ccc(Oc2ccccc2)nc1. The highest BCUT2D eigenvalue weighted by molar-refractivity contribution is 9.10. The Bertz CT molecular complexity index is 1060. The third-order valence-electron chi connectivity index (χ3n) is 3.43. The van der Waals surface area contributed by atoms with Gasteiger partial charge in [-0.25, -0.2) is 4.98 Å². The number of carbonyl (C=O) groups excluding carboxylic acids is 1. The number of amides is 1. The third-order valence-corrected chi connectivity index (χ3v) is 4.76. The van der Waals surface area contributed by atoms with Crippen LogP contribution < -0.4 is 10.5 Å². The van der Waals surface area contributed by atoms with Gasteiger partial charge in [0.15, 0.2) is 0 Å². The zero-order valence-electron chi connectivity index (χ0n) is 14.7. The third kappa shape index (κ3) is 6.45. The number of halogens is 1. The van der Waals surface area contributed by atoms with Gasteiger partial charge in [0, 0.05) is 16.1 Å². The van der Waals surface area contributed by atoms with Gasteiger partial charge in [-0.3, -0.25) is 9.35 Å². The van der Waals surface area contributed by atoms with Crippen LogP contribution in [-0.4, -0.2) is 23.9 Å². The lowest BCUT2D eigenvalue weighted by atomic mass is 10.1. The van der Waals surface area contributed by atoms with Crippen molar-refractivity contribution in [3.8, 4) is 11.6 Å². The quantitative estimate of drug-likeness (QED) is 0.563. The summed E-state index contributed by atoms with van der Waals surface area (Å²) >= 11 is 3.29. The first-order valence-corrected chi connectivity index (χ1v) is 10.1. The lowest BCUT2D eigenvalue weighted by Crippen LogP contribution is -2.12. The van der Waals surface area contributed by atoms with E-state index in [0.717, 1.165) is 16.2 Å². The van der Waals surface area contributed by atoms with Crippen LogP contribution in [0.5, 0.6) is 11.6 Å². The number of hydrogen-bond donors (Lipinski definition) is 2. The molecule has 1 aromatic heterocycles. The second-order valence-corrected chi connectivity index (χ2v) is 7.88. The predicted octanol–water partition coefficient (Wildman–Crippen LogP) is 3.98. The molecule has 7 nitrogen and oxygen atoms in total. The zero-order valence-corrected chi connectivity index (χ0v) is 17.1. The van der Waals surface area contributed by atoms with E-state index in [1.165, 1.54) is 12.1 Å². The average molecular weight is 465 g/mol. The number of rotatable bonds is 4. The van der Waals surface area contributed by atoms with Crippen LogP contribution in [-0.2, 0) is 10.1 Å². The molecule has 0 bridgehead atoms. The van der Waals surface area contributed by atoms with E-state index < -0.39 is 10.1 Å². The number of hydrogen-bond acceptors (Lipinski definition) is 5. The number of ether oxygens (including phenoxy) is 1. The number of primary amides is 1. The molecule has 9 heteroatoms. The maximum Gasteiger partial charge on any atom is 0.296 e. The van der Waals surface area contributed by atoms with Crippen LogP contribution in [0.15, 0.2) is 76.2 Å². The van der Waals surface area contributed by atoms with E-state index in [4.69, 9.17) is 15.0 Å². The van der Waals surface area contributed by atoms with E-state index in [1.807, 2.05) is 31.2 Å². The molecule has 0 aliphatic heterocycles. The zero-order chi connectivity index (χ0) is 20.7. The van der Waals surface area contributed by atoms with Crippen molar-refractivity contribution in [3.63, 3.8) is 0 Å². The van der Waals surface area contributed by atoms with Gasteiger partial charge in [-0.05, 0) is 48.9 Å². The van der Waals surface area contributed by atoms with Gasteiger partial charge in [0.1, 0.15) is 10.6 Å². The summed E-state index contributed by atoms with van der Waals surface area (Å²) in [6, 6.07) is 16.9. The van der Waals surface area contributed by atoms with Crippen molar-refractivity contribution in [2.45, 2.75) is 11.8 Å². The number of aryl methyl sites for hydroxylation is 1. The van der Waals surface area contributed by atoms with Gasteiger partial charge in [0.2, 0.25) is 11.8 Å². The monoisotopic (exact) mass is 464 g/mol. The number of nitrogens with two attached hydrogens (primary N) is 1. The number of para-hydroxylation sites is 1. The summed E-state index contributed by atoms with van der Waals surface area (Å²) in [6.45, 7) is 1.85. The highest BCUT2D eigenvalue weighted by atomic mass is 79.9. The molecule has 1 heterocycles. The Balaban J connectivity index is 0.000000221. The Labute approximate surface area is 171 Å². The van der Waals surface area contributed by atoms with Crippen LogP contribution in [0, 0.1) is 6.92 Å². The smallest absolute Gasteiger partial charge is 0.296 e. The fraction of sp³-hybridized carbons (Fsp3) is 0.0526. The largest absolute Gasteiger partial charge is 0.439 e. The molecular formula is C19H17BrN2O5S. The van der Waals surface area contributed by atoms with Crippen molar-refractivity contribution in [2.24, 2.45) is 5.73 Å². The second-order valence-electron chi connectivity index (χ2n) is 5.55. The van der Waals surface area contributed by atoms with Gasteiger partial charge in [-0.15, -0.1) is 0 Å². The highest BCUT2D eigenvalue weighted by Gasteiger charge is 2.09. The summed E-state index contributed by atoms with van der Waals surface area (Å²) in [6.07, 6.45) is 1.04. The van der Waals surface area contributed by atoms with Gasteiger partial charge in [0.25, 0.3) is 10.1 Å². The molecule has 0 fully saturated rings. The molecule has 28 heavy (non-hydrogen) atoms. The van der Waals surface area contributed by atoms with Crippen molar-refractivity contribution in [3.05, 3.63) is 82.5 Å². The van der Waals surface area contributed by atoms with Crippen molar-refractivity contribution < 1.29 is 22.5 Å². The van der Waals surface area contributed by atoms with Gasteiger partial charge in [-0.2, -0.15) is 8.42 Å². The molecule has 146 valence electrons. The maximum atomic E-state index is 10.8. The van der Waals surface area contributed by atoms with Crippen molar-refractivity contribution in [2.75, 3.05) is 0 Å². The minimum Gasteiger partial charge on any atom is -0.439 e. The number of nitrogens with zero attached hydrogens (tertiary/aromatic N) is 1. The van der Waals surface area contributed by atoms with Crippen molar-refractivity contribution in [1.29, 1.82) is 0 Å². The summed E-state index contributed by atoms with van der Waals surface area (Å²) in [5.41, 5.74) is 6.58. The summed E-state index contributed by atoms with van der Waals surface area (Å²) in [7, 11) is -4.21. The molecule has 2 aromatic carbocycles. The number of pyridine rings is 1. The fourth-order valence-electron chi connectivity index (χ4n) is 2.09. The van der Waals surface area contributed by atoms with Gasteiger partial charge < -0.3 is 10.5 Å². The first-order chi connectivity index (χ1) is 13.2. The molecule has 3 N–H and O–H groups in total. The molecule has 0 unspecified atom stereocenters. The molecule has 0 saturated heterocycles. The van der Waals surface area contributed by atoms with E-state index in [2.05, 4.69) is 20.9 Å². The molecular weight excluding hydrogens is 448 g/mol. The first-order valence-electron chi connectivity index (χ1n) is 7.89. The first kappa shape index (κ1) is 21.5. The fourth-order valence-corrected chi connectivity index (χ4v) is 2.99. The lowest BCUT2D eigenvalue weighted by molar-refractivity contribution is 0.0999. The molecule has 0 atom stereocenters. The molecule has 3 aromatic rings. The van der Waals surface area contributed by atoms with Crippen LogP contribution in [0.3, 0.4) is 0 Å². The van der Waals surface area contributed by atoms with Crippen LogP contribution in [0.4, 0.5) is 0 Å². The minimum atomic E-state index is -4.21. The molecule has 0 aliphatic rings. The molecule has 3 rings (SSSR count). The summed E-state index contributed by atoms with van der Waals surface area (Å²) in [4.78, 5) is 14.3. The Morgan fingerprint density at radius 1 is 1.11 bits per heavy atom. The number of benzene rings is 2. The average Bonchev–Trinajstić information content (AvgIpc) is 2.62. The van der Waals surface area contributed by atoms with E-state index in [-0.39, 0.29) is 16.7 Å². The van der Waals surface area contributed by atoms with Crippen molar-refractivity contribution >= 4 is 32.0 Å². The Morgan fingerprint density at radius 2 is 1.79 bits per heavy atom. The summed E-state index contributed by atoms with van der Waals surface area (Å²) in [5.74, 6) is 0.471. The number of carbonyl (C=O) groups is 1. The van der Waals surface area contributed by atoms with Crippen LogP contribution in [0.2, 0.25) is 0 Å². The van der Waals surface area contributed by atoms with E-state index in [0.29, 0.717) is 11.3 Å². The summed E-state index contributed by atoms with van der Waals surface area (Å²) < 4.78 is 36.6. The highest BCUT2D eigenvalue weighted by Crippen LogP contribution is 2.19. The molecule has 0 aliphatic carbocycles. The van der Waals surface area contributed by atoms with Crippen LogP contribution in [0.25, 0.3) is 0 Å². The second kappa shape index (κ2) is 9.45. The molecule has 0 spiro atoms. The van der Waals surface area contributed by atoms with Crippen LogP contribution >= 0.6 is 15.9 Å². The normalized spacial score (nSPS) is 10.5. The minimum absolute atomic E-state index is 0.253. The summed E-state index contributed by atoms with van der Waals surface area (Å²) in [5, 5.41) is 0. The van der Waals surface area contributed by atoms with Gasteiger partial charge >= 0.3 is 0 Å². The Hall–Kier alpha value is -2.75. The Kier molecular flexibility index (Phi) is 7.27. The lowest BCUT2D eigenvalue weighted by Gasteiger charge is -2.04. The van der Waals surface area contributed by atoms with Gasteiger partial charge in [-0.1, -0.05) is 34.1 Å². The van der Waals surface area contributed by atoms with E-state index >= 15 is 0 Å². The van der Waals surface area contributed by atoms with E-state index in [1.54, 1.807) is 24.3 Å². The van der Waals surface area contributed by atoms with Crippen molar-refractivity contribution in [1.82, 2.24) is 4.98 Å². The van der Waals surface area contributed by atoms with Crippen LogP contribution in [0.1, 0.15) is 15.9 Å². The molecule has 1 amide bonds. The van der Waals surface area contributed by atoms with E-state index in [9.17, 15) is 13.2 Å². The number of aromatic nitrogens is 1. The predicted molar refractivity (Wildman–Crippen MR) is 108 cm³/mol. The maximum absolute atomic E-state index is 10.8. The molecule has 0 radical (unpaired) electrons.